The first-order chi connectivity index (χ1) is 10.8. The van der Waals surface area contributed by atoms with Crippen LogP contribution in [0, 0.1) is 5.92 Å². The predicted octanol–water partition coefficient (Wildman–Crippen LogP) is 5.84. The summed E-state index contributed by atoms with van der Waals surface area (Å²) in [6.45, 7) is 4.63. The predicted molar refractivity (Wildman–Crippen MR) is 96.4 cm³/mol. The van der Waals surface area contributed by atoms with E-state index in [1.807, 2.05) is 0 Å². The van der Waals surface area contributed by atoms with E-state index in [0.717, 1.165) is 0 Å². The summed E-state index contributed by atoms with van der Waals surface area (Å²) < 4.78 is 0. The molecular weight excluding hydrogens is 266 g/mol. The van der Waals surface area contributed by atoms with Crippen LogP contribution in [-0.2, 0) is 5.41 Å². The fourth-order valence-corrected chi connectivity index (χ4v) is 4.39. The van der Waals surface area contributed by atoms with Gasteiger partial charge in [0.15, 0.2) is 0 Å². The summed E-state index contributed by atoms with van der Waals surface area (Å²) in [6, 6.07) is 9.48. The quantitative estimate of drug-likeness (QED) is 0.695. The molecule has 1 aliphatic carbocycles. The first-order valence-electron chi connectivity index (χ1n) is 9.03. The SMILES string of the molecule is CCCCC1(CCCC)c2ccccc2NC2C=CC=CC21. The van der Waals surface area contributed by atoms with Gasteiger partial charge in [-0.25, -0.2) is 0 Å². The molecule has 2 unspecified atom stereocenters. The lowest BCUT2D eigenvalue weighted by Gasteiger charge is -2.49. The fourth-order valence-electron chi connectivity index (χ4n) is 4.39. The highest BCUT2D eigenvalue weighted by Crippen LogP contribution is 2.51. The van der Waals surface area contributed by atoms with Gasteiger partial charge in [-0.2, -0.15) is 0 Å². The molecule has 0 aromatic heterocycles. The molecule has 0 radical (unpaired) electrons. The van der Waals surface area contributed by atoms with Crippen molar-refractivity contribution in [1.29, 1.82) is 0 Å². The van der Waals surface area contributed by atoms with Gasteiger partial charge >= 0.3 is 0 Å². The molecule has 0 fully saturated rings. The van der Waals surface area contributed by atoms with E-state index in [1.165, 1.54) is 44.2 Å². The van der Waals surface area contributed by atoms with E-state index in [-0.39, 0.29) is 0 Å². The topological polar surface area (TPSA) is 12.0 Å². The van der Waals surface area contributed by atoms with Crippen LogP contribution in [0.3, 0.4) is 0 Å². The highest BCUT2D eigenvalue weighted by atomic mass is 15.0. The van der Waals surface area contributed by atoms with Gasteiger partial charge in [0.05, 0.1) is 6.04 Å². The molecular formula is C21H29N. The molecule has 1 aromatic carbocycles. The van der Waals surface area contributed by atoms with Gasteiger partial charge in [0, 0.05) is 17.0 Å². The van der Waals surface area contributed by atoms with Gasteiger partial charge in [0.2, 0.25) is 0 Å². The Morgan fingerprint density at radius 3 is 2.36 bits per heavy atom. The van der Waals surface area contributed by atoms with Crippen LogP contribution >= 0.6 is 0 Å². The van der Waals surface area contributed by atoms with Crippen molar-refractivity contribution in [2.24, 2.45) is 5.92 Å². The zero-order valence-corrected chi connectivity index (χ0v) is 14.0. The Morgan fingerprint density at radius 1 is 0.955 bits per heavy atom. The van der Waals surface area contributed by atoms with Crippen LogP contribution < -0.4 is 5.32 Å². The van der Waals surface area contributed by atoms with Crippen molar-refractivity contribution < 1.29 is 0 Å². The van der Waals surface area contributed by atoms with E-state index >= 15 is 0 Å². The number of hydrogen-bond acceptors (Lipinski definition) is 1. The Labute approximate surface area is 135 Å². The first kappa shape index (κ1) is 15.4. The Balaban J connectivity index is 2.08. The zero-order valence-electron chi connectivity index (χ0n) is 14.0. The van der Waals surface area contributed by atoms with Crippen molar-refractivity contribution in [2.75, 3.05) is 5.32 Å². The van der Waals surface area contributed by atoms with Gasteiger partial charge in [-0.1, -0.05) is 82.0 Å². The van der Waals surface area contributed by atoms with Crippen molar-refractivity contribution in [3.8, 4) is 0 Å². The van der Waals surface area contributed by atoms with E-state index < -0.39 is 0 Å². The van der Waals surface area contributed by atoms with Crippen LogP contribution in [0.5, 0.6) is 0 Å². The minimum atomic E-state index is 0.305. The van der Waals surface area contributed by atoms with Crippen LogP contribution in [-0.4, -0.2) is 6.04 Å². The molecule has 2 atom stereocenters. The lowest BCUT2D eigenvalue weighted by Crippen LogP contribution is -2.48. The third kappa shape index (κ3) is 2.62. The monoisotopic (exact) mass is 295 g/mol. The summed E-state index contributed by atoms with van der Waals surface area (Å²) in [7, 11) is 0. The maximum absolute atomic E-state index is 3.77. The molecule has 3 rings (SSSR count). The first-order valence-corrected chi connectivity index (χ1v) is 9.03. The molecule has 0 saturated carbocycles. The lowest BCUT2D eigenvalue weighted by molar-refractivity contribution is 0.239. The number of fused-ring (bicyclic) bond motifs is 2. The van der Waals surface area contributed by atoms with Crippen molar-refractivity contribution in [3.63, 3.8) is 0 Å². The summed E-state index contributed by atoms with van der Waals surface area (Å²) in [4.78, 5) is 0. The number of para-hydroxylation sites is 1. The van der Waals surface area contributed by atoms with Crippen molar-refractivity contribution >= 4 is 5.69 Å². The number of hydrogen-bond donors (Lipinski definition) is 1. The summed E-state index contributed by atoms with van der Waals surface area (Å²) >= 11 is 0. The second-order valence-electron chi connectivity index (χ2n) is 6.87. The molecule has 0 spiro atoms. The van der Waals surface area contributed by atoms with E-state index in [0.29, 0.717) is 17.4 Å². The summed E-state index contributed by atoms with van der Waals surface area (Å²) in [5.41, 5.74) is 3.22. The molecule has 0 amide bonds. The Hall–Kier alpha value is -1.50. The van der Waals surface area contributed by atoms with E-state index in [1.54, 1.807) is 5.56 Å². The number of rotatable bonds is 6. The van der Waals surface area contributed by atoms with Crippen LogP contribution in [0.4, 0.5) is 5.69 Å². The number of unbranched alkanes of at least 4 members (excludes halogenated alkanes) is 2. The standard InChI is InChI=1S/C21H29N/c1-3-5-15-21(16-6-4-2)17-11-7-9-13-19(17)22-20-14-10-8-12-18(20)21/h7-14,17,19,22H,3-6,15-16H2,1-2H3. The minimum absolute atomic E-state index is 0.305. The Kier molecular flexibility index (Phi) is 4.71. The molecule has 22 heavy (non-hydrogen) atoms. The molecule has 1 aliphatic heterocycles. The molecule has 1 N–H and O–H groups in total. The van der Waals surface area contributed by atoms with Gasteiger partial charge in [0.25, 0.3) is 0 Å². The molecule has 118 valence electrons. The smallest absolute Gasteiger partial charge is 0.0518 e. The van der Waals surface area contributed by atoms with Crippen molar-refractivity contribution in [1.82, 2.24) is 0 Å². The molecule has 2 aliphatic rings. The van der Waals surface area contributed by atoms with Crippen molar-refractivity contribution in [2.45, 2.75) is 63.8 Å². The molecule has 1 heteroatoms. The summed E-state index contributed by atoms with van der Waals surface area (Å²) in [5, 5.41) is 3.77. The van der Waals surface area contributed by atoms with E-state index in [2.05, 4.69) is 67.7 Å². The minimum Gasteiger partial charge on any atom is -0.378 e. The van der Waals surface area contributed by atoms with Gasteiger partial charge in [0.1, 0.15) is 0 Å². The molecule has 1 nitrogen and oxygen atoms in total. The Bertz CT molecular complexity index is 547. The van der Waals surface area contributed by atoms with E-state index in [4.69, 9.17) is 0 Å². The summed E-state index contributed by atoms with van der Waals surface area (Å²) in [6.07, 6.45) is 17.1. The van der Waals surface area contributed by atoms with Gasteiger partial charge in [-0.05, 0) is 24.5 Å². The highest BCUT2D eigenvalue weighted by Gasteiger charge is 2.46. The van der Waals surface area contributed by atoms with Crippen molar-refractivity contribution in [3.05, 3.63) is 54.1 Å². The van der Waals surface area contributed by atoms with Crippen LogP contribution in [0.1, 0.15) is 57.9 Å². The number of anilines is 1. The van der Waals surface area contributed by atoms with Crippen LogP contribution in [0.2, 0.25) is 0 Å². The highest BCUT2D eigenvalue weighted by molar-refractivity contribution is 5.60. The number of nitrogens with one attached hydrogen (secondary N) is 1. The normalized spacial score (nSPS) is 24.5. The third-order valence-electron chi connectivity index (χ3n) is 5.51. The molecule has 0 bridgehead atoms. The second kappa shape index (κ2) is 6.73. The zero-order chi connectivity index (χ0) is 15.4. The van der Waals surface area contributed by atoms with Crippen LogP contribution in [0.25, 0.3) is 0 Å². The fraction of sp³-hybridized carbons (Fsp3) is 0.524. The molecule has 0 saturated heterocycles. The van der Waals surface area contributed by atoms with Gasteiger partial charge < -0.3 is 5.32 Å². The lowest BCUT2D eigenvalue weighted by atomic mass is 9.59. The second-order valence-corrected chi connectivity index (χ2v) is 6.87. The number of allylic oxidation sites excluding steroid dienone is 2. The van der Waals surface area contributed by atoms with Crippen LogP contribution in [0.15, 0.2) is 48.6 Å². The summed E-state index contributed by atoms with van der Waals surface area (Å²) in [5.74, 6) is 0.588. The average Bonchev–Trinajstić information content (AvgIpc) is 2.57. The number of benzene rings is 1. The molecule has 1 heterocycles. The molecule has 1 aromatic rings. The van der Waals surface area contributed by atoms with E-state index in [9.17, 15) is 0 Å². The Morgan fingerprint density at radius 2 is 1.64 bits per heavy atom. The largest absolute Gasteiger partial charge is 0.378 e. The average molecular weight is 295 g/mol. The van der Waals surface area contributed by atoms with Gasteiger partial charge in [-0.3, -0.25) is 0 Å². The maximum Gasteiger partial charge on any atom is 0.0518 e. The third-order valence-corrected chi connectivity index (χ3v) is 5.51. The maximum atomic E-state index is 3.77. The van der Waals surface area contributed by atoms with Gasteiger partial charge in [-0.15, -0.1) is 0 Å².